The van der Waals surface area contributed by atoms with Gasteiger partial charge in [0.25, 0.3) is 0 Å². The molecule has 33 heavy (non-hydrogen) atoms. The molecule has 0 unspecified atom stereocenters. The van der Waals surface area contributed by atoms with Crippen molar-refractivity contribution in [1.82, 2.24) is 15.5 Å². The second-order valence-electron chi connectivity index (χ2n) is 10.8. The number of esters is 1. The number of β-amino-alcohol motifs (C(OH)–C–C–N with tert-alkyl or cyclic N) is 1. The number of aliphatic hydroxyl groups is 1. The number of carbonyl (C=O) groups excluding carboxylic acids is 4. The number of carbonyl (C=O) groups is 4. The normalized spacial score (nSPS) is 27.9. The lowest BCUT2D eigenvalue weighted by Crippen LogP contribution is -2.59. The minimum atomic E-state index is -1.21. The summed E-state index contributed by atoms with van der Waals surface area (Å²) in [4.78, 5) is 52.6. The van der Waals surface area contributed by atoms with E-state index in [0.717, 1.165) is 0 Å². The Morgan fingerprint density at radius 1 is 1.18 bits per heavy atom. The highest BCUT2D eigenvalue weighted by Gasteiger charge is 2.62. The minimum absolute atomic E-state index is 0.0108. The van der Waals surface area contributed by atoms with Gasteiger partial charge in [0.15, 0.2) is 0 Å². The van der Waals surface area contributed by atoms with E-state index in [1.807, 2.05) is 0 Å². The number of nitrogens with one attached hydrogen (secondary N) is 2. The standard InChI is InChI=1S/C23H37N3O7/c1-9-13-11-23(13,19(30)32-8)25-17(28)15-10-14(27)12-26(15)18(29)16(21(2,3)4)24-20(31)33-22(5,6)7/h9,13-16,27H,1,10-12H2,2-8H3,(H,24,31)(H,25,28)/t13-,14+,15+,16-,23-/m1/s1. The highest BCUT2D eigenvalue weighted by molar-refractivity contribution is 5.96. The molecule has 2 fully saturated rings. The summed E-state index contributed by atoms with van der Waals surface area (Å²) in [6, 6.07) is -2.02. The molecule has 0 aromatic carbocycles. The van der Waals surface area contributed by atoms with Gasteiger partial charge in [-0.15, -0.1) is 6.58 Å². The molecule has 10 nitrogen and oxygen atoms in total. The number of ether oxygens (including phenoxy) is 2. The first-order valence-electron chi connectivity index (χ1n) is 11.1. The van der Waals surface area contributed by atoms with Gasteiger partial charge in [-0.2, -0.15) is 0 Å². The topological polar surface area (TPSA) is 134 Å². The van der Waals surface area contributed by atoms with Crippen LogP contribution in [0.15, 0.2) is 12.7 Å². The molecule has 5 atom stereocenters. The van der Waals surface area contributed by atoms with E-state index >= 15 is 0 Å². The number of amides is 3. The maximum atomic E-state index is 13.5. The van der Waals surface area contributed by atoms with Crippen molar-refractivity contribution in [3.8, 4) is 0 Å². The second kappa shape index (κ2) is 9.32. The molecule has 0 spiro atoms. The van der Waals surface area contributed by atoms with E-state index in [-0.39, 0.29) is 18.9 Å². The average Bonchev–Trinajstić information content (AvgIpc) is 3.25. The third-order valence-corrected chi connectivity index (χ3v) is 5.83. The predicted molar refractivity (Wildman–Crippen MR) is 120 cm³/mol. The summed E-state index contributed by atoms with van der Waals surface area (Å²) in [6.45, 7) is 14.1. The highest BCUT2D eigenvalue weighted by Crippen LogP contribution is 2.45. The summed E-state index contributed by atoms with van der Waals surface area (Å²) < 4.78 is 10.1. The summed E-state index contributed by atoms with van der Waals surface area (Å²) in [6.07, 6.45) is 0.257. The molecule has 1 saturated heterocycles. The fourth-order valence-corrected chi connectivity index (χ4v) is 4.03. The molecule has 2 rings (SSSR count). The predicted octanol–water partition coefficient (Wildman–Crippen LogP) is 1.12. The van der Waals surface area contributed by atoms with Gasteiger partial charge in [-0.3, -0.25) is 9.59 Å². The third kappa shape index (κ3) is 6.04. The van der Waals surface area contributed by atoms with Crippen LogP contribution in [0.5, 0.6) is 0 Å². The van der Waals surface area contributed by atoms with Crippen LogP contribution in [-0.2, 0) is 23.9 Å². The lowest BCUT2D eigenvalue weighted by molar-refractivity contribution is -0.148. The number of hydrogen-bond donors (Lipinski definition) is 3. The Bertz CT molecular complexity index is 814. The second-order valence-corrected chi connectivity index (χ2v) is 10.8. The Morgan fingerprint density at radius 2 is 1.79 bits per heavy atom. The van der Waals surface area contributed by atoms with E-state index in [1.165, 1.54) is 12.0 Å². The van der Waals surface area contributed by atoms with Crippen LogP contribution in [0, 0.1) is 11.3 Å². The van der Waals surface area contributed by atoms with Crippen molar-refractivity contribution >= 4 is 23.9 Å². The summed E-state index contributed by atoms with van der Waals surface area (Å²) in [5.41, 5.74) is -2.68. The number of aliphatic hydroxyl groups excluding tert-OH is 1. The first-order valence-corrected chi connectivity index (χ1v) is 11.1. The van der Waals surface area contributed by atoms with Gasteiger partial charge < -0.3 is 30.1 Å². The summed E-state index contributed by atoms with van der Waals surface area (Å²) >= 11 is 0. The fourth-order valence-electron chi connectivity index (χ4n) is 4.03. The van der Waals surface area contributed by atoms with Crippen LogP contribution in [0.3, 0.4) is 0 Å². The van der Waals surface area contributed by atoms with Crippen LogP contribution >= 0.6 is 0 Å². The van der Waals surface area contributed by atoms with Crippen molar-refractivity contribution in [2.45, 2.75) is 83.7 Å². The average molecular weight is 468 g/mol. The number of likely N-dealkylation sites (tertiary alicyclic amines) is 1. The summed E-state index contributed by atoms with van der Waals surface area (Å²) in [7, 11) is 1.24. The first-order chi connectivity index (χ1) is 15.1. The van der Waals surface area contributed by atoms with Crippen molar-refractivity contribution in [3.63, 3.8) is 0 Å². The van der Waals surface area contributed by atoms with E-state index in [1.54, 1.807) is 47.6 Å². The van der Waals surface area contributed by atoms with Gasteiger partial charge in [-0.25, -0.2) is 9.59 Å². The molecule has 1 heterocycles. The molecule has 0 aromatic heterocycles. The van der Waals surface area contributed by atoms with E-state index in [9.17, 15) is 24.3 Å². The molecule has 186 valence electrons. The van der Waals surface area contributed by atoms with Gasteiger partial charge in [0.1, 0.15) is 23.2 Å². The van der Waals surface area contributed by atoms with Crippen LogP contribution in [0.1, 0.15) is 54.4 Å². The van der Waals surface area contributed by atoms with Crippen molar-refractivity contribution < 1.29 is 33.8 Å². The molecule has 3 amide bonds. The Balaban J connectivity index is 2.23. The molecule has 0 aromatic rings. The van der Waals surface area contributed by atoms with Gasteiger partial charge in [-0.1, -0.05) is 26.8 Å². The van der Waals surface area contributed by atoms with Crippen molar-refractivity contribution in [1.29, 1.82) is 0 Å². The number of nitrogens with zero attached hydrogens (tertiary/aromatic N) is 1. The summed E-state index contributed by atoms with van der Waals surface area (Å²) in [5.74, 6) is -1.95. The van der Waals surface area contributed by atoms with Gasteiger partial charge >= 0.3 is 12.1 Å². The zero-order valence-corrected chi connectivity index (χ0v) is 20.6. The highest BCUT2D eigenvalue weighted by atomic mass is 16.6. The third-order valence-electron chi connectivity index (χ3n) is 5.83. The number of hydrogen-bond acceptors (Lipinski definition) is 7. The maximum absolute atomic E-state index is 13.5. The number of rotatable bonds is 6. The molecule has 2 aliphatic rings. The van der Waals surface area contributed by atoms with Crippen molar-refractivity contribution in [3.05, 3.63) is 12.7 Å². The fraction of sp³-hybridized carbons (Fsp3) is 0.739. The minimum Gasteiger partial charge on any atom is -0.467 e. The molecule has 3 N–H and O–H groups in total. The Morgan fingerprint density at radius 3 is 2.24 bits per heavy atom. The molecule has 1 aliphatic carbocycles. The van der Waals surface area contributed by atoms with Gasteiger partial charge in [0, 0.05) is 18.9 Å². The molecule has 1 aliphatic heterocycles. The van der Waals surface area contributed by atoms with Gasteiger partial charge in [0.05, 0.1) is 13.2 Å². The van der Waals surface area contributed by atoms with E-state index in [2.05, 4.69) is 17.2 Å². The van der Waals surface area contributed by atoms with Gasteiger partial charge in [-0.05, 0) is 32.6 Å². The zero-order valence-electron chi connectivity index (χ0n) is 20.6. The Labute approximate surface area is 195 Å². The van der Waals surface area contributed by atoms with Crippen LogP contribution in [-0.4, -0.2) is 76.9 Å². The lowest BCUT2D eigenvalue weighted by Gasteiger charge is -2.36. The van der Waals surface area contributed by atoms with E-state index in [4.69, 9.17) is 9.47 Å². The quantitative estimate of drug-likeness (QED) is 0.394. The van der Waals surface area contributed by atoms with Gasteiger partial charge in [0.2, 0.25) is 11.8 Å². The molecule has 0 radical (unpaired) electrons. The SMILES string of the molecule is C=C[C@@H]1C[C@]1(NC(=O)[C@@H]1C[C@H](O)CN1C(=O)[C@@H](NC(=O)OC(C)(C)C)C(C)(C)C)C(=O)OC. The van der Waals surface area contributed by atoms with Crippen molar-refractivity contribution in [2.24, 2.45) is 11.3 Å². The summed E-state index contributed by atoms with van der Waals surface area (Å²) in [5, 5.41) is 15.6. The zero-order chi connectivity index (χ0) is 25.4. The van der Waals surface area contributed by atoms with E-state index < -0.39 is 58.6 Å². The van der Waals surface area contributed by atoms with E-state index in [0.29, 0.717) is 6.42 Å². The van der Waals surface area contributed by atoms with Crippen LogP contribution in [0.4, 0.5) is 4.79 Å². The molecular formula is C23H37N3O7. The number of methoxy groups -OCH3 is 1. The first kappa shape index (κ1) is 26.6. The largest absolute Gasteiger partial charge is 0.467 e. The molecule has 10 heteroatoms. The smallest absolute Gasteiger partial charge is 0.408 e. The molecular weight excluding hydrogens is 430 g/mol. The lowest BCUT2D eigenvalue weighted by atomic mass is 9.85. The van der Waals surface area contributed by atoms with Crippen molar-refractivity contribution in [2.75, 3.05) is 13.7 Å². The number of alkyl carbamates (subject to hydrolysis) is 1. The molecule has 0 bridgehead atoms. The Kier molecular flexibility index (Phi) is 7.52. The monoisotopic (exact) mass is 467 g/mol. The van der Waals surface area contributed by atoms with Crippen LogP contribution in [0.25, 0.3) is 0 Å². The van der Waals surface area contributed by atoms with Crippen LogP contribution < -0.4 is 10.6 Å². The Hall–Kier alpha value is -2.62. The molecule has 1 saturated carbocycles. The maximum Gasteiger partial charge on any atom is 0.408 e. The van der Waals surface area contributed by atoms with Crippen LogP contribution in [0.2, 0.25) is 0 Å².